The van der Waals surface area contributed by atoms with Gasteiger partial charge in [0, 0.05) is 17.5 Å². The molecule has 0 radical (unpaired) electrons. The summed E-state index contributed by atoms with van der Waals surface area (Å²) in [6, 6.07) is 0. The highest BCUT2D eigenvalue weighted by Gasteiger charge is 2.22. The molecule has 0 saturated carbocycles. The normalized spacial score (nSPS) is 11.8. The molecule has 0 bridgehead atoms. The van der Waals surface area contributed by atoms with E-state index in [2.05, 4.69) is 39.9 Å². The second-order valence-electron chi connectivity index (χ2n) is 6.25. The van der Waals surface area contributed by atoms with Gasteiger partial charge in [0.15, 0.2) is 0 Å². The summed E-state index contributed by atoms with van der Waals surface area (Å²) < 4.78 is 0. The van der Waals surface area contributed by atoms with Crippen LogP contribution in [0.5, 0.6) is 0 Å². The molecular formula is C14H32N2O. The minimum absolute atomic E-state index is 0.160. The molecule has 0 aromatic carbocycles. The van der Waals surface area contributed by atoms with E-state index in [0.29, 0.717) is 0 Å². The third-order valence-electron chi connectivity index (χ3n) is 2.08. The number of nitrogens with one attached hydrogen (secondary N) is 1. The minimum atomic E-state index is 0.160. The molecule has 0 atom stereocenters. The van der Waals surface area contributed by atoms with E-state index in [9.17, 15) is 4.79 Å². The Morgan fingerprint density at radius 2 is 1.65 bits per heavy atom. The summed E-state index contributed by atoms with van der Waals surface area (Å²) in [5, 5.41) is 3.52. The van der Waals surface area contributed by atoms with Crippen LogP contribution >= 0.6 is 0 Å². The maximum absolute atomic E-state index is 10.0. The predicted molar refractivity (Wildman–Crippen MR) is 76.2 cm³/mol. The highest BCUT2D eigenvalue weighted by atomic mass is 16.1. The Bertz CT molecular complexity index is 205. The van der Waals surface area contributed by atoms with Crippen molar-refractivity contribution in [3.63, 3.8) is 0 Å². The summed E-state index contributed by atoms with van der Waals surface area (Å²) in [4.78, 5) is 10.0. The van der Waals surface area contributed by atoms with E-state index >= 15 is 0 Å². The average Bonchev–Trinajstić information content (AvgIpc) is 1.98. The number of nitrogens with two attached hydrogens (primary N) is 1. The van der Waals surface area contributed by atoms with E-state index in [4.69, 9.17) is 5.73 Å². The molecule has 0 saturated heterocycles. The van der Waals surface area contributed by atoms with Gasteiger partial charge in [-0.15, -0.1) is 0 Å². The lowest BCUT2D eigenvalue weighted by molar-refractivity contribution is -0.117. The summed E-state index contributed by atoms with van der Waals surface area (Å²) in [6.45, 7) is 15.2. The number of ketones is 1. The summed E-state index contributed by atoms with van der Waals surface area (Å²) in [6.07, 6.45) is 2.74. The topological polar surface area (TPSA) is 55.1 Å². The predicted octanol–water partition coefficient (Wildman–Crippen LogP) is 2.88. The number of Topliss-reactive ketones (excluding diaryl/α,β-unsaturated/α-hetero) is 1. The molecule has 0 aliphatic rings. The number of hydrogen-bond acceptors (Lipinski definition) is 3. The quantitative estimate of drug-likeness (QED) is 0.782. The lowest BCUT2D eigenvalue weighted by atomic mass is 9.96. The van der Waals surface area contributed by atoms with E-state index in [1.54, 1.807) is 6.92 Å². The lowest BCUT2D eigenvalue weighted by Crippen LogP contribution is -2.51. The van der Waals surface area contributed by atoms with Crippen LogP contribution in [-0.4, -0.2) is 23.4 Å². The number of carbonyl (C=O) groups is 1. The highest BCUT2D eigenvalue weighted by Crippen LogP contribution is 2.12. The van der Waals surface area contributed by atoms with Crippen molar-refractivity contribution in [2.45, 2.75) is 78.8 Å². The third-order valence-corrected chi connectivity index (χ3v) is 2.08. The van der Waals surface area contributed by atoms with E-state index in [1.165, 1.54) is 0 Å². The van der Waals surface area contributed by atoms with Crippen LogP contribution in [0.2, 0.25) is 0 Å². The van der Waals surface area contributed by atoms with Crippen LogP contribution < -0.4 is 11.1 Å². The van der Waals surface area contributed by atoms with Crippen molar-refractivity contribution in [3.8, 4) is 0 Å². The Hall–Kier alpha value is -0.410. The fourth-order valence-electron chi connectivity index (χ4n) is 1.79. The van der Waals surface area contributed by atoms with Crippen molar-refractivity contribution in [2.24, 2.45) is 5.73 Å². The van der Waals surface area contributed by atoms with Crippen molar-refractivity contribution >= 4 is 5.78 Å². The van der Waals surface area contributed by atoms with Crippen LogP contribution in [0, 0.1) is 0 Å². The van der Waals surface area contributed by atoms with Gasteiger partial charge in [-0.05, 0) is 60.9 Å². The Kier molecular flexibility index (Phi) is 9.64. The first-order valence-corrected chi connectivity index (χ1v) is 6.53. The van der Waals surface area contributed by atoms with Gasteiger partial charge in [0.25, 0.3) is 0 Å². The van der Waals surface area contributed by atoms with Gasteiger partial charge in [0.2, 0.25) is 0 Å². The SMILES string of the molecule is CC(C)(C)NC(C)(C)CCN.CCCC(C)=O. The molecule has 3 N–H and O–H groups in total. The molecule has 0 spiro atoms. The summed E-state index contributed by atoms with van der Waals surface area (Å²) in [7, 11) is 0. The van der Waals surface area contributed by atoms with Gasteiger partial charge in [-0.1, -0.05) is 6.92 Å². The number of hydrogen-bond donors (Lipinski definition) is 2. The van der Waals surface area contributed by atoms with E-state index in [1.807, 2.05) is 6.92 Å². The van der Waals surface area contributed by atoms with Gasteiger partial charge in [-0.2, -0.15) is 0 Å². The molecule has 0 aromatic rings. The van der Waals surface area contributed by atoms with Gasteiger partial charge in [-0.3, -0.25) is 0 Å². The van der Waals surface area contributed by atoms with Gasteiger partial charge in [0.1, 0.15) is 5.78 Å². The Balaban J connectivity index is 0. The molecular weight excluding hydrogens is 212 g/mol. The largest absolute Gasteiger partial charge is 0.330 e. The molecule has 3 nitrogen and oxygen atoms in total. The summed E-state index contributed by atoms with van der Waals surface area (Å²) in [5.74, 6) is 0.289. The van der Waals surface area contributed by atoms with Crippen molar-refractivity contribution in [2.75, 3.05) is 6.54 Å². The molecule has 0 aromatic heterocycles. The second kappa shape index (κ2) is 8.65. The van der Waals surface area contributed by atoms with Crippen LogP contribution in [0.15, 0.2) is 0 Å². The Labute approximate surface area is 108 Å². The zero-order chi connectivity index (χ0) is 14.1. The standard InChI is InChI=1S/C9H22N2.C5H10O/c1-8(2,3)11-9(4,5)6-7-10;1-3-4-5(2)6/h11H,6-7,10H2,1-5H3;3-4H2,1-2H3. The van der Waals surface area contributed by atoms with Crippen LogP contribution in [0.25, 0.3) is 0 Å². The van der Waals surface area contributed by atoms with Gasteiger partial charge < -0.3 is 15.8 Å². The molecule has 0 unspecified atom stereocenters. The number of carbonyl (C=O) groups excluding carboxylic acids is 1. The van der Waals surface area contributed by atoms with Crippen molar-refractivity contribution in [1.82, 2.24) is 5.32 Å². The van der Waals surface area contributed by atoms with E-state index in [0.717, 1.165) is 25.8 Å². The molecule has 17 heavy (non-hydrogen) atoms. The van der Waals surface area contributed by atoms with Crippen LogP contribution in [0.4, 0.5) is 0 Å². The molecule has 0 rings (SSSR count). The third kappa shape index (κ3) is 18.2. The first-order valence-electron chi connectivity index (χ1n) is 6.53. The maximum atomic E-state index is 10.0. The molecule has 0 aliphatic carbocycles. The van der Waals surface area contributed by atoms with Crippen molar-refractivity contribution < 1.29 is 4.79 Å². The molecule has 0 aliphatic heterocycles. The van der Waals surface area contributed by atoms with Gasteiger partial charge in [-0.25, -0.2) is 0 Å². The summed E-state index contributed by atoms with van der Waals surface area (Å²) in [5.41, 5.74) is 5.83. The fourth-order valence-corrected chi connectivity index (χ4v) is 1.79. The van der Waals surface area contributed by atoms with Crippen LogP contribution in [0.3, 0.4) is 0 Å². The first-order chi connectivity index (χ1) is 7.54. The van der Waals surface area contributed by atoms with Crippen LogP contribution in [0.1, 0.15) is 67.7 Å². The van der Waals surface area contributed by atoms with Crippen LogP contribution in [-0.2, 0) is 4.79 Å². The van der Waals surface area contributed by atoms with Gasteiger partial charge in [0.05, 0.1) is 0 Å². The Morgan fingerprint density at radius 1 is 1.18 bits per heavy atom. The average molecular weight is 244 g/mol. The summed E-state index contributed by atoms with van der Waals surface area (Å²) >= 11 is 0. The zero-order valence-corrected chi connectivity index (χ0v) is 12.8. The molecule has 0 heterocycles. The van der Waals surface area contributed by atoms with E-state index in [-0.39, 0.29) is 16.9 Å². The molecule has 0 amide bonds. The molecule has 104 valence electrons. The molecule has 0 fully saturated rings. The monoisotopic (exact) mass is 244 g/mol. The lowest BCUT2D eigenvalue weighted by Gasteiger charge is -2.34. The minimum Gasteiger partial charge on any atom is -0.330 e. The zero-order valence-electron chi connectivity index (χ0n) is 12.8. The van der Waals surface area contributed by atoms with Crippen molar-refractivity contribution in [3.05, 3.63) is 0 Å². The van der Waals surface area contributed by atoms with Crippen molar-refractivity contribution in [1.29, 1.82) is 0 Å². The maximum Gasteiger partial charge on any atom is 0.129 e. The van der Waals surface area contributed by atoms with Gasteiger partial charge >= 0.3 is 0 Å². The first kappa shape index (κ1) is 18.9. The molecule has 3 heteroatoms. The fraction of sp³-hybridized carbons (Fsp3) is 0.929. The number of rotatable bonds is 5. The highest BCUT2D eigenvalue weighted by molar-refractivity contribution is 5.75. The van der Waals surface area contributed by atoms with E-state index < -0.39 is 0 Å². The smallest absolute Gasteiger partial charge is 0.129 e. The second-order valence-corrected chi connectivity index (χ2v) is 6.25. The Morgan fingerprint density at radius 3 is 1.82 bits per heavy atom.